The fraction of sp³-hybridized carbons (Fsp3) is 0.500. The van der Waals surface area contributed by atoms with E-state index in [-0.39, 0.29) is 11.9 Å². The molecule has 1 amide bonds. The predicted molar refractivity (Wildman–Crippen MR) is 72.4 cm³/mol. The molecule has 0 spiro atoms. The van der Waals surface area contributed by atoms with Crippen molar-refractivity contribution in [2.45, 2.75) is 32.7 Å². The topological polar surface area (TPSA) is 32.3 Å². The first-order chi connectivity index (χ1) is 8.02. The van der Waals surface area contributed by atoms with Crippen LogP contribution in [-0.4, -0.2) is 26.0 Å². The third kappa shape index (κ3) is 4.47. The Morgan fingerprint density at radius 2 is 1.88 bits per heavy atom. The van der Waals surface area contributed by atoms with Crippen LogP contribution in [0.2, 0.25) is 0 Å². The first kappa shape index (κ1) is 13.6. The lowest BCUT2D eigenvalue weighted by molar-refractivity contribution is -0.121. The van der Waals surface area contributed by atoms with Crippen molar-refractivity contribution in [3.05, 3.63) is 29.8 Å². The van der Waals surface area contributed by atoms with Gasteiger partial charge in [0.05, 0.1) is 0 Å². The Balaban J connectivity index is 2.54. The van der Waals surface area contributed by atoms with Crippen LogP contribution in [0.1, 0.15) is 25.8 Å². The number of benzene rings is 1. The first-order valence-electron chi connectivity index (χ1n) is 6.08. The van der Waals surface area contributed by atoms with Crippen LogP contribution in [-0.2, 0) is 11.2 Å². The second kappa shape index (κ2) is 6.28. The maximum absolute atomic E-state index is 11.2. The minimum atomic E-state index is 0.113. The van der Waals surface area contributed by atoms with Crippen LogP contribution in [0.25, 0.3) is 0 Å². The average Bonchev–Trinajstić information content (AvgIpc) is 2.29. The van der Waals surface area contributed by atoms with Gasteiger partial charge in [-0.1, -0.05) is 19.1 Å². The fourth-order valence-electron chi connectivity index (χ4n) is 1.71. The van der Waals surface area contributed by atoms with Crippen molar-refractivity contribution in [1.29, 1.82) is 0 Å². The molecule has 1 aromatic rings. The molecule has 1 rings (SSSR count). The van der Waals surface area contributed by atoms with Crippen LogP contribution in [0, 0.1) is 0 Å². The summed E-state index contributed by atoms with van der Waals surface area (Å²) in [5.74, 6) is 0.113. The zero-order valence-corrected chi connectivity index (χ0v) is 11.2. The van der Waals surface area contributed by atoms with Crippen molar-refractivity contribution in [2.75, 3.05) is 19.0 Å². The number of amides is 1. The van der Waals surface area contributed by atoms with Crippen molar-refractivity contribution >= 4 is 11.6 Å². The highest BCUT2D eigenvalue weighted by Crippen LogP contribution is 2.13. The molecule has 0 fully saturated rings. The van der Waals surface area contributed by atoms with Crippen LogP contribution >= 0.6 is 0 Å². The Labute approximate surface area is 104 Å². The molecule has 1 aromatic carbocycles. The van der Waals surface area contributed by atoms with Gasteiger partial charge in [-0.15, -0.1) is 0 Å². The average molecular weight is 234 g/mol. The molecule has 1 unspecified atom stereocenters. The van der Waals surface area contributed by atoms with Gasteiger partial charge in [-0.3, -0.25) is 4.79 Å². The number of rotatable bonds is 5. The molecule has 17 heavy (non-hydrogen) atoms. The second-order valence-electron chi connectivity index (χ2n) is 4.59. The van der Waals surface area contributed by atoms with Crippen molar-refractivity contribution in [1.82, 2.24) is 5.32 Å². The molecule has 0 radical (unpaired) electrons. The lowest BCUT2D eigenvalue weighted by atomic mass is 10.1. The van der Waals surface area contributed by atoms with Gasteiger partial charge in [0, 0.05) is 32.2 Å². The molecule has 1 N–H and O–H groups in total. The summed E-state index contributed by atoms with van der Waals surface area (Å²) < 4.78 is 0. The summed E-state index contributed by atoms with van der Waals surface area (Å²) in [5, 5.41) is 2.97. The molecule has 94 valence electrons. The van der Waals surface area contributed by atoms with Crippen LogP contribution < -0.4 is 10.2 Å². The minimum absolute atomic E-state index is 0.113. The Morgan fingerprint density at radius 3 is 2.35 bits per heavy atom. The highest BCUT2D eigenvalue weighted by atomic mass is 16.1. The van der Waals surface area contributed by atoms with E-state index in [2.05, 4.69) is 34.5 Å². The Morgan fingerprint density at radius 1 is 1.29 bits per heavy atom. The molecule has 0 bridgehead atoms. The van der Waals surface area contributed by atoms with E-state index < -0.39 is 0 Å². The van der Waals surface area contributed by atoms with Gasteiger partial charge in [0.1, 0.15) is 0 Å². The van der Waals surface area contributed by atoms with Gasteiger partial charge in [-0.2, -0.15) is 0 Å². The maximum Gasteiger partial charge on any atom is 0.219 e. The number of carbonyl (C=O) groups is 1. The molecule has 0 saturated heterocycles. The van der Waals surface area contributed by atoms with Crippen LogP contribution in [0.5, 0.6) is 0 Å². The summed E-state index contributed by atoms with van der Waals surface area (Å²) in [6, 6.07) is 8.62. The number of nitrogens with zero attached hydrogens (tertiary/aromatic N) is 1. The van der Waals surface area contributed by atoms with Gasteiger partial charge in [0.2, 0.25) is 5.91 Å². The molecule has 0 aliphatic rings. The van der Waals surface area contributed by atoms with Crippen molar-refractivity contribution in [2.24, 2.45) is 0 Å². The third-order valence-corrected chi connectivity index (χ3v) is 2.72. The largest absolute Gasteiger partial charge is 0.378 e. The summed E-state index contributed by atoms with van der Waals surface area (Å²) in [4.78, 5) is 13.3. The highest BCUT2D eigenvalue weighted by molar-refractivity contribution is 5.75. The first-order valence-corrected chi connectivity index (χ1v) is 6.08. The van der Waals surface area contributed by atoms with Gasteiger partial charge in [0.15, 0.2) is 0 Å². The predicted octanol–water partition coefficient (Wildman–Crippen LogP) is 2.21. The van der Waals surface area contributed by atoms with E-state index in [1.54, 1.807) is 0 Å². The number of carbonyl (C=O) groups excluding carboxylic acids is 1. The maximum atomic E-state index is 11.2. The lowest BCUT2D eigenvalue weighted by Gasteiger charge is -2.15. The second-order valence-corrected chi connectivity index (χ2v) is 4.59. The number of nitrogens with one attached hydrogen (secondary N) is 1. The molecule has 0 saturated carbocycles. The van der Waals surface area contributed by atoms with Crippen molar-refractivity contribution in [3.63, 3.8) is 0 Å². The molecular formula is C14H22N2O. The Hall–Kier alpha value is -1.51. The smallest absolute Gasteiger partial charge is 0.219 e. The summed E-state index contributed by atoms with van der Waals surface area (Å²) in [7, 11) is 4.05. The zero-order chi connectivity index (χ0) is 12.8. The molecule has 1 atom stereocenters. The van der Waals surface area contributed by atoms with E-state index in [9.17, 15) is 4.79 Å². The van der Waals surface area contributed by atoms with Gasteiger partial charge in [-0.25, -0.2) is 0 Å². The summed E-state index contributed by atoms with van der Waals surface area (Å²) >= 11 is 0. The number of anilines is 1. The monoisotopic (exact) mass is 234 g/mol. The number of hydrogen-bond donors (Lipinski definition) is 1. The highest BCUT2D eigenvalue weighted by Gasteiger charge is 2.06. The normalized spacial score (nSPS) is 12.0. The molecular weight excluding hydrogens is 212 g/mol. The third-order valence-electron chi connectivity index (χ3n) is 2.72. The van der Waals surface area contributed by atoms with Gasteiger partial charge < -0.3 is 10.2 Å². The lowest BCUT2D eigenvalue weighted by Crippen LogP contribution is -2.33. The molecule has 0 heterocycles. The zero-order valence-electron chi connectivity index (χ0n) is 11.2. The van der Waals surface area contributed by atoms with Gasteiger partial charge in [-0.05, 0) is 31.0 Å². The summed E-state index contributed by atoms with van der Waals surface area (Å²) in [5.41, 5.74) is 2.44. The van der Waals surface area contributed by atoms with Gasteiger partial charge >= 0.3 is 0 Å². The van der Waals surface area contributed by atoms with E-state index in [1.807, 2.05) is 27.9 Å². The van der Waals surface area contributed by atoms with E-state index in [4.69, 9.17) is 0 Å². The van der Waals surface area contributed by atoms with Crippen molar-refractivity contribution < 1.29 is 4.79 Å². The summed E-state index contributed by atoms with van der Waals surface area (Å²) in [6.45, 7) is 3.90. The fourth-order valence-corrected chi connectivity index (χ4v) is 1.71. The Bertz CT molecular complexity index is 357. The molecule has 3 heteroatoms. The van der Waals surface area contributed by atoms with Crippen LogP contribution in [0.15, 0.2) is 24.3 Å². The van der Waals surface area contributed by atoms with E-state index in [1.165, 1.54) is 11.3 Å². The standard InChI is InChI=1S/C14H22N2O/c1-5-14(17)15-11(2)10-12-6-8-13(9-7-12)16(3)4/h6-9,11H,5,10H2,1-4H3,(H,15,17). The SMILES string of the molecule is CCC(=O)NC(C)Cc1ccc(N(C)C)cc1. The van der Waals surface area contributed by atoms with E-state index >= 15 is 0 Å². The van der Waals surface area contributed by atoms with Crippen LogP contribution in [0.4, 0.5) is 5.69 Å². The summed E-state index contributed by atoms with van der Waals surface area (Å²) in [6.07, 6.45) is 1.42. The number of hydrogen-bond acceptors (Lipinski definition) is 2. The van der Waals surface area contributed by atoms with Gasteiger partial charge in [0.25, 0.3) is 0 Å². The molecule has 3 nitrogen and oxygen atoms in total. The molecule has 0 aliphatic carbocycles. The van der Waals surface area contributed by atoms with E-state index in [0.29, 0.717) is 6.42 Å². The Kier molecular flexibility index (Phi) is 5.01. The van der Waals surface area contributed by atoms with E-state index in [0.717, 1.165) is 6.42 Å². The van der Waals surface area contributed by atoms with Crippen molar-refractivity contribution in [3.8, 4) is 0 Å². The van der Waals surface area contributed by atoms with Crippen LogP contribution in [0.3, 0.4) is 0 Å². The molecule has 0 aromatic heterocycles. The minimum Gasteiger partial charge on any atom is -0.378 e. The molecule has 0 aliphatic heterocycles. The quantitative estimate of drug-likeness (QED) is 0.847.